The van der Waals surface area contributed by atoms with Crippen LogP contribution in [0.2, 0.25) is 0 Å². The lowest BCUT2D eigenvalue weighted by atomic mass is 10.2. The fraction of sp³-hybridized carbons (Fsp3) is 0.412. The van der Waals surface area contributed by atoms with Crippen LogP contribution in [-0.4, -0.2) is 51.8 Å². The normalized spacial score (nSPS) is 18.4. The third kappa shape index (κ3) is 3.95. The predicted molar refractivity (Wildman–Crippen MR) is 87.6 cm³/mol. The van der Waals surface area contributed by atoms with Crippen molar-refractivity contribution in [2.75, 3.05) is 19.7 Å². The minimum atomic E-state index is -0.665. The maximum atomic E-state index is 12.7. The first kappa shape index (κ1) is 16.9. The van der Waals surface area contributed by atoms with Crippen molar-refractivity contribution < 1.29 is 14.3 Å². The Morgan fingerprint density at radius 3 is 3.12 bits per heavy atom. The average Bonchev–Trinajstić information content (AvgIpc) is 3.07. The SMILES string of the molecule is Cc1nc(C2CN(C(=O)C(C)Oc3cccc(C#N)c3)CCO2)n[nH]1. The molecular weight excluding hydrogens is 322 g/mol. The van der Waals surface area contributed by atoms with Crippen LogP contribution in [0.4, 0.5) is 0 Å². The smallest absolute Gasteiger partial charge is 0.263 e. The zero-order valence-corrected chi connectivity index (χ0v) is 14.1. The second-order valence-corrected chi connectivity index (χ2v) is 5.82. The van der Waals surface area contributed by atoms with Gasteiger partial charge in [0, 0.05) is 6.54 Å². The molecule has 2 aromatic rings. The minimum Gasteiger partial charge on any atom is -0.481 e. The number of nitrogens with zero attached hydrogens (tertiary/aromatic N) is 4. The molecule has 1 aliphatic heterocycles. The highest BCUT2D eigenvalue weighted by atomic mass is 16.5. The van der Waals surface area contributed by atoms with E-state index in [1.807, 2.05) is 6.92 Å². The Morgan fingerprint density at radius 1 is 1.56 bits per heavy atom. The van der Waals surface area contributed by atoms with Crippen molar-refractivity contribution in [1.82, 2.24) is 20.1 Å². The van der Waals surface area contributed by atoms with Crippen molar-refractivity contribution in [2.45, 2.75) is 26.1 Å². The molecule has 1 aromatic heterocycles. The summed E-state index contributed by atoms with van der Waals surface area (Å²) in [4.78, 5) is 18.6. The molecule has 25 heavy (non-hydrogen) atoms. The zero-order chi connectivity index (χ0) is 17.8. The van der Waals surface area contributed by atoms with E-state index < -0.39 is 6.10 Å². The molecule has 0 bridgehead atoms. The van der Waals surface area contributed by atoms with E-state index in [-0.39, 0.29) is 12.0 Å². The van der Waals surface area contributed by atoms with Crippen molar-refractivity contribution in [3.8, 4) is 11.8 Å². The highest BCUT2D eigenvalue weighted by Gasteiger charge is 2.30. The van der Waals surface area contributed by atoms with Crippen LogP contribution < -0.4 is 4.74 Å². The number of aromatic amines is 1. The van der Waals surface area contributed by atoms with Crippen LogP contribution in [0.5, 0.6) is 5.75 Å². The summed E-state index contributed by atoms with van der Waals surface area (Å²) < 4.78 is 11.4. The topological polar surface area (TPSA) is 104 Å². The zero-order valence-electron chi connectivity index (χ0n) is 14.1. The summed E-state index contributed by atoms with van der Waals surface area (Å²) in [6.45, 7) is 4.80. The van der Waals surface area contributed by atoms with E-state index in [0.717, 1.165) is 0 Å². The van der Waals surface area contributed by atoms with Crippen LogP contribution in [0, 0.1) is 18.3 Å². The number of nitriles is 1. The van der Waals surface area contributed by atoms with Gasteiger partial charge in [-0.2, -0.15) is 10.4 Å². The van der Waals surface area contributed by atoms with Crippen LogP contribution in [0.3, 0.4) is 0 Å². The molecular formula is C17H19N5O3. The molecule has 1 aromatic carbocycles. The lowest BCUT2D eigenvalue weighted by molar-refractivity contribution is -0.146. The van der Waals surface area contributed by atoms with E-state index in [2.05, 4.69) is 21.3 Å². The highest BCUT2D eigenvalue weighted by molar-refractivity contribution is 5.81. The molecule has 0 spiro atoms. The van der Waals surface area contributed by atoms with Crippen LogP contribution >= 0.6 is 0 Å². The number of carbonyl (C=O) groups is 1. The molecule has 8 nitrogen and oxygen atoms in total. The van der Waals surface area contributed by atoms with E-state index in [1.54, 1.807) is 36.1 Å². The van der Waals surface area contributed by atoms with Gasteiger partial charge in [-0.15, -0.1) is 0 Å². The van der Waals surface area contributed by atoms with Crippen LogP contribution in [0.25, 0.3) is 0 Å². The lowest BCUT2D eigenvalue weighted by Gasteiger charge is -2.33. The molecule has 2 unspecified atom stereocenters. The van der Waals surface area contributed by atoms with Crippen LogP contribution in [0.1, 0.15) is 30.2 Å². The van der Waals surface area contributed by atoms with Gasteiger partial charge >= 0.3 is 0 Å². The molecule has 1 fully saturated rings. The van der Waals surface area contributed by atoms with Crippen molar-refractivity contribution in [3.63, 3.8) is 0 Å². The number of carbonyl (C=O) groups excluding carboxylic acids is 1. The second kappa shape index (κ2) is 7.32. The number of aromatic nitrogens is 3. The van der Waals surface area contributed by atoms with E-state index in [9.17, 15) is 4.79 Å². The summed E-state index contributed by atoms with van der Waals surface area (Å²) in [7, 11) is 0. The van der Waals surface area contributed by atoms with Gasteiger partial charge in [0.25, 0.3) is 5.91 Å². The highest BCUT2D eigenvalue weighted by Crippen LogP contribution is 2.21. The molecule has 0 radical (unpaired) electrons. The van der Waals surface area contributed by atoms with Crippen molar-refractivity contribution in [3.05, 3.63) is 41.5 Å². The Morgan fingerprint density at radius 2 is 2.40 bits per heavy atom. The Labute approximate surface area is 145 Å². The number of H-pyrrole nitrogens is 1. The first-order chi connectivity index (χ1) is 12.1. The number of morpholine rings is 1. The molecule has 1 N–H and O–H groups in total. The van der Waals surface area contributed by atoms with E-state index in [4.69, 9.17) is 14.7 Å². The second-order valence-electron chi connectivity index (χ2n) is 5.82. The van der Waals surface area contributed by atoms with E-state index in [1.165, 1.54) is 0 Å². The molecule has 130 valence electrons. The molecule has 2 atom stereocenters. The number of aryl methyl sites for hydroxylation is 1. The number of benzene rings is 1. The molecule has 8 heteroatoms. The first-order valence-electron chi connectivity index (χ1n) is 8.03. The third-order valence-electron chi connectivity index (χ3n) is 3.90. The lowest BCUT2D eigenvalue weighted by Crippen LogP contribution is -2.47. The molecule has 1 aliphatic rings. The molecule has 0 aliphatic carbocycles. The number of rotatable bonds is 4. The molecule has 1 amide bonds. The fourth-order valence-electron chi connectivity index (χ4n) is 2.66. The van der Waals surface area contributed by atoms with Gasteiger partial charge in [0.2, 0.25) is 0 Å². The summed E-state index contributed by atoms with van der Waals surface area (Å²) in [6, 6.07) is 8.80. The van der Waals surface area contributed by atoms with Gasteiger partial charge < -0.3 is 14.4 Å². The number of hydrogen-bond acceptors (Lipinski definition) is 6. The van der Waals surface area contributed by atoms with E-state index in [0.29, 0.717) is 42.7 Å². The van der Waals surface area contributed by atoms with Gasteiger partial charge in [0.15, 0.2) is 11.9 Å². The average molecular weight is 341 g/mol. The van der Waals surface area contributed by atoms with Gasteiger partial charge in [0.05, 0.1) is 24.8 Å². The molecule has 3 rings (SSSR count). The Hall–Kier alpha value is -2.92. The van der Waals surface area contributed by atoms with Gasteiger partial charge in [-0.05, 0) is 32.0 Å². The first-order valence-corrected chi connectivity index (χ1v) is 8.03. The van der Waals surface area contributed by atoms with Gasteiger partial charge in [-0.3, -0.25) is 9.89 Å². The summed E-state index contributed by atoms with van der Waals surface area (Å²) in [6.07, 6.45) is -1.02. The maximum absolute atomic E-state index is 12.7. The summed E-state index contributed by atoms with van der Waals surface area (Å²) in [5.41, 5.74) is 0.489. The quantitative estimate of drug-likeness (QED) is 0.900. The maximum Gasteiger partial charge on any atom is 0.263 e. The minimum absolute atomic E-state index is 0.136. The molecule has 1 saturated heterocycles. The number of ether oxygens (including phenoxy) is 2. The number of nitrogens with one attached hydrogen (secondary N) is 1. The van der Waals surface area contributed by atoms with Gasteiger partial charge in [-0.1, -0.05) is 6.07 Å². The van der Waals surface area contributed by atoms with Gasteiger partial charge in [0.1, 0.15) is 17.7 Å². The molecule has 0 saturated carbocycles. The molecule has 2 heterocycles. The Bertz CT molecular complexity index is 798. The van der Waals surface area contributed by atoms with E-state index >= 15 is 0 Å². The number of hydrogen-bond donors (Lipinski definition) is 1. The third-order valence-corrected chi connectivity index (χ3v) is 3.90. The van der Waals surface area contributed by atoms with Crippen molar-refractivity contribution >= 4 is 5.91 Å². The standard InChI is InChI=1S/C17H19N5O3/c1-11(25-14-5-3-4-13(8-14)9-18)17(23)22-6-7-24-15(10-22)16-19-12(2)20-21-16/h3-5,8,11,15H,6-7,10H2,1-2H3,(H,19,20,21). The largest absolute Gasteiger partial charge is 0.481 e. The monoisotopic (exact) mass is 341 g/mol. The summed E-state index contributed by atoms with van der Waals surface area (Å²) in [5, 5.41) is 15.8. The Kier molecular flexibility index (Phi) is 4.95. The fourth-order valence-corrected chi connectivity index (χ4v) is 2.66. The predicted octanol–water partition coefficient (Wildman–Crippen LogP) is 1.35. The summed E-state index contributed by atoms with van der Waals surface area (Å²) in [5.74, 6) is 1.61. The Balaban J connectivity index is 1.64. The van der Waals surface area contributed by atoms with Gasteiger partial charge in [-0.25, -0.2) is 4.98 Å². The summed E-state index contributed by atoms with van der Waals surface area (Å²) >= 11 is 0. The van der Waals surface area contributed by atoms with Crippen molar-refractivity contribution in [1.29, 1.82) is 5.26 Å². The van der Waals surface area contributed by atoms with Crippen molar-refractivity contribution in [2.24, 2.45) is 0 Å². The van der Waals surface area contributed by atoms with Crippen LogP contribution in [0.15, 0.2) is 24.3 Å². The van der Waals surface area contributed by atoms with Crippen LogP contribution in [-0.2, 0) is 9.53 Å². The number of amides is 1.